The van der Waals surface area contributed by atoms with Crippen LogP contribution in [0.3, 0.4) is 0 Å². The van der Waals surface area contributed by atoms with E-state index in [2.05, 4.69) is 16.3 Å². The fraction of sp³-hybridized carbons (Fsp3) is 0.310. The Labute approximate surface area is 220 Å². The second-order valence-electron chi connectivity index (χ2n) is 8.67. The number of nitrogens with one attached hydrogen (secondary N) is 1. The van der Waals surface area contributed by atoms with Crippen molar-refractivity contribution in [1.29, 1.82) is 0 Å². The third-order valence-corrected chi connectivity index (χ3v) is 7.37. The SMILES string of the molecule is C/C=N\N.CCc1c(F)cc(C(=O)NC2CC2)cc1-c1ccc(CCS(=O)c2cccc(OC)c2)cc1. The minimum Gasteiger partial charge on any atom is -0.497 e. The number of carbonyl (C=O) groups excluding carboxylic acids is 1. The van der Waals surface area contributed by atoms with E-state index in [1.54, 1.807) is 26.2 Å². The molecule has 37 heavy (non-hydrogen) atoms. The number of amides is 1. The Hall–Kier alpha value is -3.52. The Bertz CT molecular complexity index is 1250. The van der Waals surface area contributed by atoms with Crippen molar-refractivity contribution in [3.63, 3.8) is 0 Å². The van der Waals surface area contributed by atoms with Gasteiger partial charge in [0.25, 0.3) is 5.91 Å². The van der Waals surface area contributed by atoms with E-state index in [4.69, 9.17) is 4.74 Å². The van der Waals surface area contributed by atoms with E-state index in [1.807, 2.05) is 49.4 Å². The average molecular weight is 524 g/mol. The van der Waals surface area contributed by atoms with Crippen LogP contribution in [0.15, 0.2) is 70.7 Å². The van der Waals surface area contributed by atoms with E-state index in [0.29, 0.717) is 35.5 Å². The quantitative estimate of drug-likeness (QED) is 0.227. The minimum absolute atomic E-state index is 0.219. The van der Waals surface area contributed by atoms with Crippen LogP contribution in [0.5, 0.6) is 5.75 Å². The highest BCUT2D eigenvalue weighted by atomic mass is 32.2. The summed E-state index contributed by atoms with van der Waals surface area (Å²) in [5, 5.41) is 6.04. The third-order valence-electron chi connectivity index (χ3n) is 6.02. The van der Waals surface area contributed by atoms with Crippen LogP contribution < -0.4 is 15.9 Å². The summed E-state index contributed by atoms with van der Waals surface area (Å²) in [6, 6.07) is 18.5. The number of ether oxygens (including phenoxy) is 1. The van der Waals surface area contributed by atoms with Gasteiger partial charge in [-0.1, -0.05) is 37.3 Å². The topological polar surface area (TPSA) is 93.8 Å². The molecule has 1 aliphatic rings. The Kier molecular flexibility index (Phi) is 10.4. The summed E-state index contributed by atoms with van der Waals surface area (Å²) in [5.41, 5.74) is 3.61. The first-order valence-electron chi connectivity index (χ1n) is 12.3. The molecule has 6 nitrogen and oxygen atoms in total. The van der Waals surface area contributed by atoms with E-state index in [-0.39, 0.29) is 17.8 Å². The molecule has 1 unspecified atom stereocenters. The van der Waals surface area contributed by atoms with Crippen molar-refractivity contribution in [3.8, 4) is 16.9 Å². The van der Waals surface area contributed by atoms with E-state index in [0.717, 1.165) is 34.4 Å². The second kappa shape index (κ2) is 13.7. The molecule has 3 aromatic rings. The van der Waals surface area contributed by atoms with Gasteiger partial charge in [0.15, 0.2) is 0 Å². The first-order valence-corrected chi connectivity index (χ1v) is 13.6. The van der Waals surface area contributed by atoms with E-state index in [9.17, 15) is 13.4 Å². The summed E-state index contributed by atoms with van der Waals surface area (Å²) in [6.45, 7) is 3.67. The molecule has 4 rings (SSSR count). The van der Waals surface area contributed by atoms with E-state index >= 15 is 0 Å². The first kappa shape index (κ1) is 28.1. The number of aryl methyl sites for hydroxylation is 1. The highest BCUT2D eigenvalue weighted by molar-refractivity contribution is 7.85. The molecule has 3 N–H and O–H groups in total. The van der Waals surface area contributed by atoms with Gasteiger partial charge in [-0.05, 0) is 85.2 Å². The lowest BCUT2D eigenvalue weighted by molar-refractivity contribution is 0.0950. The summed E-state index contributed by atoms with van der Waals surface area (Å²) in [5.74, 6) is 5.21. The van der Waals surface area contributed by atoms with Gasteiger partial charge >= 0.3 is 0 Å². The molecule has 1 aliphatic carbocycles. The van der Waals surface area contributed by atoms with Gasteiger partial charge in [0.1, 0.15) is 11.6 Å². The molecule has 0 aromatic heterocycles. The molecule has 0 heterocycles. The number of carbonyl (C=O) groups is 1. The fourth-order valence-electron chi connectivity index (χ4n) is 3.80. The van der Waals surface area contributed by atoms with E-state index in [1.165, 1.54) is 12.3 Å². The Balaban J connectivity index is 0.000000886. The Morgan fingerprint density at radius 1 is 1.19 bits per heavy atom. The highest BCUT2D eigenvalue weighted by Gasteiger charge is 2.25. The molecule has 0 bridgehead atoms. The largest absolute Gasteiger partial charge is 0.497 e. The van der Waals surface area contributed by atoms with Gasteiger partial charge in [-0.25, -0.2) is 4.39 Å². The lowest BCUT2D eigenvalue weighted by Crippen LogP contribution is -2.25. The molecule has 0 radical (unpaired) electrons. The van der Waals surface area contributed by atoms with Crippen LogP contribution in [0.25, 0.3) is 11.1 Å². The summed E-state index contributed by atoms with van der Waals surface area (Å²) >= 11 is 0. The molecule has 0 aliphatic heterocycles. The molecule has 196 valence electrons. The van der Waals surface area contributed by atoms with Gasteiger partial charge in [0.05, 0.1) is 17.9 Å². The molecule has 1 atom stereocenters. The molecule has 1 amide bonds. The summed E-state index contributed by atoms with van der Waals surface area (Å²) < 4.78 is 32.7. The Morgan fingerprint density at radius 3 is 2.49 bits per heavy atom. The molecule has 0 spiro atoms. The van der Waals surface area contributed by atoms with Gasteiger partial charge in [-0.15, -0.1) is 0 Å². The second-order valence-corrected chi connectivity index (χ2v) is 10.2. The first-order chi connectivity index (χ1) is 17.9. The molecule has 0 saturated heterocycles. The van der Waals surface area contributed by atoms with Crippen molar-refractivity contribution in [3.05, 3.63) is 83.2 Å². The van der Waals surface area contributed by atoms with Crippen LogP contribution in [-0.2, 0) is 23.6 Å². The number of rotatable bonds is 9. The molecule has 8 heteroatoms. The van der Waals surface area contributed by atoms with Crippen molar-refractivity contribution >= 4 is 22.9 Å². The van der Waals surface area contributed by atoms with E-state index < -0.39 is 10.8 Å². The van der Waals surface area contributed by atoms with Crippen LogP contribution in [0.2, 0.25) is 0 Å². The average Bonchev–Trinajstić information content (AvgIpc) is 3.75. The van der Waals surface area contributed by atoms with Crippen molar-refractivity contribution in [2.24, 2.45) is 10.9 Å². The highest BCUT2D eigenvalue weighted by Crippen LogP contribution is 2.29. The van der Waals surface area contributed by atoms with Gasteiger partial charge in [-0.2, -0.15) is 5.10 Å². The van der Waals surface area contributed by atoms with Crippen molar-refractivity contribution in [2.45, 2.75) is 50.5 Å². The van der Waals surface area contributed by atoms with Gasteiger partial charge in [0.2, 0.25) is 0 Å². The standard InChI is InChI=1S/C27H28FNO3S.C2H6N2/c1-3-24-25(15-20(16-26(24)28)27(30)29-21-11-12-21)19-9-7-18(8-10-19)13-14-33(31)23-6-4-5-22(17-23)32-2;1-2-4-3/h4-10,15-17,21H,3,11-14H2,1-2H3,(H,29,30);2H,3H2,1H3/b;4-2-. The molecule has 3 aromatic carbocycles. The van der Waals surface area contributed by atoms with Crippen LogP contribution in [0.1, 0.15) is 48.2 Å². The zero-order valence-electron chi connectivity index (χ0n) is 21.5. The summed E-state index contributed by atoms with van der Waals surface area (Å²) in [7, 11) is 0.464. The van der Waals surface area contributed by atoms with Crippen LogP contribution in [-0.4, -0.2) is 35.2 Å². The monoisotopic (exact) mass is 523 g/mol. The number of nitrogens with zero attached hydrogens (tertiary/aromatic N) is 1. The lowest BCUT2D eigenvalue weighted by Gasteiger charge is -2.13. The Morgan fingerprint density at radius 2 is 1.89 bits per heavy atom. The zero-order chi connectivity index (χ0) is 26.8. The predicted molar refractivity (Wildman–Crippen MR) is 148 cm³/mol. The number of benzene rings is 3. The number of nitrogens with two attached hydrogens (primary N) is 1. The number of methoxy groups -OCH3 is 1. The van der Waals surface area contributed by atoms with Crippen LogP contribution in [0, 0.1) is 5.82 Å². The minimum atomic E-state index is -1.13. The maximum Gasteiger partial charge on any atom is 0.251 e. The molecular formula is C29H34FN3O3S. The molecular weight excluding hydrogens is 489 g/mol. The van der Waals surface area contributed by atoms with Gasteiger partial charge < -0.3 is 15.9 Å². The summed E-state index contributed by atoms with van der Waals surface area (Å²) in [6.07, 6.45) is 4.69. The van der Waals surface area contributed by atoms with Gasteiger partial charge in [-0.3, -0.25) is 9.00 Å². The summed E-state index contributed by atoms with van der Waals surface area (Å²) in [4.78, 5) is 13.2. The lowest BCUT2D eigenvalue weighted by atomic mass is 9.94. The number of hydrogen-bond donors (Lipinski definition) is 2. The maximum atomic E-state index is 14.8. The zero-order valence-corrected chi connectivity index (χ0v) is 22.3. The molecule has 1 saturated carbocycles. The number of hydrazone groups is 1. The normalized spacial score (nSPS) is 13.5. The van der Waals surface area contributed by atoms with Crippen LogP contribution in [0.4, 0.5) is 4.39 Å². The van der Waals surface area contributed by atoms with Crippen molar-refractivity contribution in [2.75, 3.05) is 12.9 Å². The third kappa shape index (κ3) is 7.98. The van der Waals surface area contributed by atoms with Crippen molar-refractivity contribution < 1.29 is 18.1 Å². The fourth-order valence-corrected chi connectivity index (χ4v) is 4.94. The maximum absolute atomic E-state index is 14.8. The predicted octanol–water partition coefficient (Wildman–Crippen LogP) is 5.26. The smallest absolute Gasteiger partial charge is 0.251 e. The molecule has 1 fully saturated rings. The number of halogens is 1. The van der Waals surface area contributed by atoms with Gasteiger partial charge in [0, 0.05) is 28.5 Å². The number of hydrogen-bond acceptors (Lipinski definition) is 5. The van der Waals surface area contributed by atoms with Crippen LogP contribution >= 0.6 is 0 Å². The van der Waals surface area contributed by atoms with Crippen molar-refractivity contribution in [1.82, 2.24) is 5.32 Å².